The topological polar surface area (TPSA) is 75.3 Å². The van der Waals surface area contributed by atoms with E-state index in [9.17, 15) is 17.6 Å². The first kappa shape index (κ1) is 18.4. The van der Waals surface area contributed by atoms with E-state index in [-0.39, 0.29) is 4.90 Å². The summed E-state index contributed by atoms with van der Waals surface area (Å²) in [5, 5.41) is 2.96. The third kappa shape index (κ3) is 4.53. The van der Waals surface area contributed by atoms with Crippen molar-refractivity contribution in [2.45, 2.75) is 18.7 Å². The van der Waals surface area contributed by atoms with Crippen LogP contribution in [0.5, 0.6) is 0 Å². The van der Waals surface area contributed by atoms with Crippen molar-refractivity contribution in [3.63, 3.8) is 0 Å². The lowest BCUT2D eigenvalue weighted by atomic mass is 10.1. The number of sulfonamides is 1. The Kier molecular flexibility index (Phi) is 5.58. The minimum Gasteiger partial charge on any atom is -0.323 e. The molecule has 2 aromatic carbocycles. The molecule has 128 valence electrons. The van der Waals surface area contributed by atoms with E-state index in [1.54, 1.807) is 13.0 Å². The molecule has 0 atom stereocenters. The number of halogens is 2. The highest BCUT2D eigenvalue weighted by atomic mass is 35.5. The van der Waals surface area contributed by atoms with Crippen molar-refractivity contribution in [1.29, 1.82) is 0 Å². The lowest BCUT2D eigenvalue weighted by molar-refractivity contribution is -0.115. The van der Waals surface area contributed by atoms with Crippen LogP contribution < -0.4 is 10.0 Å². The number of hydrogen-bond donors (Lipinski definition) is 2. The van der Waals surface area contributed by atoms with Crippen LogP contribution in [0.3, 0.4) is 0 Å². The number of amides is 1. The number of aryl methyl sites for hydroxylation is 2. The highest BCUT2D eigenvalue weighted by Gasteiger charge is 2.16. The van der Waals surface area contributed by atoms with Crippen LogP contribution in [0.25, 0.3) is 0 Å². The van der Waals surface area contributed by atoms with E-state index in [0.29, 0.717) is 10.7 Å². The summed E-state index contributed by atoms with van der Waals surface area (Å²) >= 11 is 6.09. The van der Waals surface area contributed by atoms with E-state index >= 15 is 0 Å². The Labute approximate surface area is 144 Å². The molecule has 1 amide bonds. The summed E-state index contributed by atoms with van der Waals surface area (Å²) in [5.74, 6) is -1.11. The molecule has 0 fully saturated rings. The van der Waals surface area contributed by atoms with Crippen molar-refractivity contribution in [3.05, 3.63) is 58.4 Å². The van der Waals surface area contributed by atoms with E-state index in [2.05, 4.69) is 10.0 Å². The van der Waals surface area contributed by atoms with Crippen molar-refractivity contribution in [1.82, 2.24) is 4.72 Å². The maximum absolute atomic E-state index is 12.8. The molecule has 0 aliphatic heterocycles. The van der Waals surface area contributed by atoms with Gasteiger partial charge in [0.05, 0.1) is 22.2 Å². The Balaban J connectivity index is 2.04. The Morgan fingerprint density at radius 3 is 2.38 bits per heavy atom. The largest absolute Gasteiger partial charge is 0.323 e. The molecule has 0 saturated heterocycles. The summed E-state index contributed by atoms with van der Waals surface area (Å²) in [6, 6.07) is 7.86. The van der Waals surface area contributed by atoms with Gasteiger partial charge in [-0.05, 0) is 55.3 Å². The van der Waals surface area contributed by atoms with Crippen molar-refractivity contribution < 1.29 is 17.6 Å². The van der Waals surface area contributed by atoms with Crippen LogP contribution in [0.1, 0.15) is 11.1 Å². The van der Waals surface area contributed by atoms with Gasteiger partial charge < -0.3 is 5.32 Å². The first-order valence-corrected chi connectivity index (χ1v) is 8.87. The van der Waals surface area contributed by atoms with Crippen LogP contribution in [-0.4, -0.2) is 20.9 Å². The molecular formula is C16H16ClFN2O3S. The molecule has 8 heteroatoms. The van der Waals surface area contributed by atoms with E-state index in [1.165, 1.54) is 0 Å². The molecule has 2 rings (SSSR count). The number of carbonyl (C=O) groups is 1. The minimum absolute atomic E-state index is 0.124. The van der Waals surface area contributed by atoms with Crippen LogP contribution in [0, 0.1) is 19.7 Å². The Morgan fingerprint density at radius 2 is 1.79 bits per heavy atom. The number of nitrogens with one attached hydrogen (secondary N) is 2. The van der Waals surface area contributed by atoms with Gasteiger partial charge in [-0.15, -0.1) is 0 Å². The molecule has 2 N–H and O–H groups in total. The molecule has 24 heavy (non-hydrogen) atoms. The highest BCUT2D eigenvalue weighted by Crippen LogP contribution is 2.27. The standard InChI is InChI=1S/C16H16ClFN2O3S/c1-10-7-11(2)16(14(17)8-10)20-15(21)9-19-24(22,23)13-5-3-12(18)4-6-13/h3-8,19H,9H2,1-2H3,(H,20,21). The lowest BCUT2D eigenvalue weighted by Gasteiger charge is -2.12. The molecular weight excluding hydrogens is 355 g/mol. The fourth-order valence-corrected chi connectivity index (χ4v) is 3.47. The second kappa shape index (κ2) is 7.29. The quantitative estimate of drug-likeness (QED) is 0.849. The van der Waals surface area contributed by atoms with Gasteiger partial charge in [-0.25, -0.2) is 17.5 Å². The highest BCUT2D eigenvalue weighted by molar-refractivity contribution is 7.89. The predicted octanol–water partition coefficient (Wildman–Crippen LogP) is 3.01. The third-order valence-corrected chi connectivity index (χ3v) is 4.96. The normalized spacial score (nSPS) is 11.3. The average molecular weight is 371 g/mol. The number of benzene rings is 2. The molecule has 0 aliphatic carbocycles. The van der Waals surface area contributed by atoms with Gasteiger partial charge in [-0.2, -0.15) is 0 Å². The van der Waals surface area contributed by atoms with Crippen LogP contribution in [0.2, 0.25) is 5.02 Å². The molecule has 0 aliphatic rings. The molecule has 0 bridgehead atoms. The number of carbonyl (C=O) groups excluding carboxylic acids is 1. The summed E-state index contributed by atoms with van der Waals surface area (Å²) in [7, 11) is -3.90. The average Bonchev–Trinajstić information content (AvgIpc) is 2.49. The molecule has 0 unspecified atom stereocenters. The molecule has 0 heterocycles. The second-order valence-electron chi connectivity index (χ2n) is 5.27. The molecule has 0 spiro atoms. The Hall–Kier alpha value is -1.96. The van der Waals surface area contributed by atoms with E-state index in [0.717, 1.165) is 35.4 Å². The number of hydrogen-bond acceptors (Lipinski definition) is 3. The smallest absolute Gasteiger partial charge is 0.241 e. The van der Waals surface area contributed by atoms with E-state index < -0.39 is 28.3 Å². The lowest BCUT2D eigenvalue weighted by Crippen LogP contribution is -2.33. The van der Waals surface area contributed by atoms with E-state index in [4.69, 9.17) is 11.6 Å². The maximum atomic E-state index is 12.8. The Bertz CT molecular complexity index is 844. The monoisotopic (exact) mass is 370 g/mol. The fourth-order valence-electron chi connectivity index (χ4n) is 2.12. The number of rotatable bonds is 5. The Morgan fingerprint density at radius 1 is 1.17 bits per heavy atom. The van der Waals surface area contributed by atoms with Gasteiger partial charge in [-0.1, -0.05) is 17.7 Å². The van der Waals surface area contributed by atoms with Gasteiger partial charge in [0.15, 0.2) is 0 Å². The number of anilines is 1. The van der Waals surface area contributed by atoms with Crippen molar-refractivity contribution >= 4 is 33.2 Å². The van der Waals surface area contributed by atoms with Gasteiger partial charge in [0.25, 0.3) is 0 Å². The zero-order valence-corrected chi connectivity index (χ0v) is 14.6. The molecule has 2 aromatic rings. The summed E-state index contributed by atoms with van der Waals surface area (Å²) in [6.45, 7) is 3.20. The van der Waals surface area contributed by atoms with Crippen LogP contribution in [0.4, 0.5) is 10.1 Å². The first-order chi connectivity index (χ1) is 11.2. The maximum Gasteiger partial charge on any atom is 0.241 e. The van der Waals surface area contributed by atoms with Gasteiger partial charge in [0, 0.05) is 0 Å². The van der Waals surface area contributed by atoms with Crippen molar-refractivity contribution in [3.8, 4) is 0 Å². The molecule has 5 nitrogen and oxygen atoms in total. The van der Waals surface area contributed by atoms with Crippen LogP contribution in [-0.2, 0) is 14.8 Å². The molecule has 0 aromatic heterocycles. The van der Waals surface area contributed by atoms with Gasteiger partial charge in [0.2, 0.25) is 15.9 Å². The van der Waals surface area contributed by atoms with Gasteiger partial charge in [0.1, 0.15) is 5.82 Å². The summed E-state index contributed by atoms with van der Waals surface area (Å²) < 4.78 is 39.1. The summed E-state index contributed by atoms with van der Waals surface area (Å²) in [4.78, 5) is 11.9. The zero-order chi connectivity index (χ0) is 17.9. The van der Waals surface area contributed by atoms with Crippen LogP contribution in [0.15, 0.2) is 41.3 Å². The first-order valence-electron chi connectivity index (χ1n) is 7.01. The minimum atomic E-state index is -3.90. The molecule has 0 saturated carbocycles. The van der Waals surface area contributed by atoms with E-state index in [1.807, 2.05) is 13.0 Å². The van der Waals surface area contributed by atoms with Gasteiger partial charge in [-0.3, -0.25) is 4.79 Å². The third-order valence-electron chi connectivity index (χ3n) is 3.24. The second-order valence-corrected chi connectivity index (χ2v) is 7.44. The summed E-state index contributed by atoms with van der Waals surface area (Å²) in [6.07, 6.45) is 0. The van der Waals surface area contributed by atoms with Crippen LogP contribution >= 0.6 is 11.6 Å². The molecule has 0 radical (unpaired) electrons. The predicted molar refractivity (Wildman–Crippen MR) is 91.1 cm³/mol. The zero-order valence-electron chi connectivity index (χ0n) is 13.1. The van der Waals surface area contributed by atoms with Crippen molar-refractivity contribution in [2.75, 3.05) is 11.9 Å². The summed E-state index contributed by atoms with van der Waals surface area (Å²) in [5.41, 5.74) is 2.16. The van der Waals surface area contributed by atoms with Crippen molar-refractivity contribution in [2.24, 2.45) is 0 Å². The SMILES string of the molecule is Cc1cc(C)c(NC(=O)CNS(=O)(=O)c2ccc(F)cc2)c(Cl)c1. The van der Waals surface area contributed by atoms with Gasteiger partial charge >= 0.3 is 0 Å². The fraction of sp³-hybridized carbons (Fsp3) is 0.188.